The molecule has 2 aromatic rings. The van der Waals surface area contributed by atoms with Crippen molar-refractivity contribution < 1.29 is 19.4 Å². The van der Waals surface area contributed by atoms with Gasteiger partial charge in [-0.05, 0) is 38.0 Å². The summed E-state index contributed by atoms with van der Waals surface area (Å²) in [5.74, 6) is -1.09. The first kappa shape index (κ1) is 19.4. The Morgan fingerprint density at radius 1 is 1.04 bits per heavy atom. The number of benzene rings is 2. The third-order valence-corrected chi connectivity index (χ3v) is 4.01. The highest BCUT2D eigenvalue weighted by molar-refractivity contribution is 6.24. The van der Waals surface area contributed by atoms with E-state index in [9.17, 15) is 14.7 Å². The molecule has 0 radical (unpaired) electrons. The van der Waals surface area contributed by atoms with Crippen LogP contribution in [-0.2, 0) is 9.53 Å². The van der Waals surface area contributed by atoms with Crippen molar-refractivity contribution in [2.75, 3.05) is 6.61 Å². The van der Waals surface area contributed by atoms with E-state index in [-0.39, 0.29) is 16.9 Å². The minimum atomic E-state index is -0.539. The van der Waals surface area contributed by atoms with E-state index in [1.54, 1.807) is 24.3 Å². The van der Waals surface area contributed by atoms with E-state index >= 15 is 0 Å². The number of aryl methyl sites for hydroxylation is 2. The van der Waals surface area contributed by atoms with Crippen LogP contribution in [-0.4, -0.2) is 23.5 Å². The number of aromatic hydroxyl groups is 1. The molecule has 0 unspecified atom stereocenters. The number of unbranched alkanes of at least 4 members (excludes halogenated alkanes) is 1. The average molecular weight is 352 g/mol. The molecule has 26 heavy (non-hydrogen) atoms. The first-order chi connectivity index (χ1) is 12.4. The molecule has 2 aromatic carbocycles. The molecule has 0 amide bonds. The van der Waals surface area contributed by atoms with Crippen molar-refractivity contribution in [3.8, 4) is 5.75 Å². The normalized spacial score (nSPS) is 11.3. The number of rotatable bonds is 7. The molecular formula is C22H24O4. The van der Waals surface area contributed by atoms with E-state index in [0.717, 1.165) is 24.0 Å². The third kappa shape index (κ3) is 5.06. The Morgan fingerprint density at radius 3 is 2.35 bits per heavy atom. The number of hydrogen-bond acceptors (Lipinski definition) is 4. The molecular weight excluding hydrogens is 328 g/mol. The fourth-order valence-electron chi connectivity index (χ4n) is 2.44. The Bertz CT molecular complexity index is 817. The van der Waals surface area contributed by atoms with Gasteiger partial charge >= 0.3 is 5.97 Å². The summed E-state index contributed by atoms with van der Waals surface area (Å²) in [6.07, 6.45) is 2.92. The minimum Gasteiger partial charge on any atom is -0.507 e. The lowest BCUT2D eigenvalue weighted by Gasteiger charge is -2.09. The van der Waals surface area contributed by atoms with Crippen LogP contribution in [0.15, 0.2) is 48.5 Å². The molecule has 0 aliphatic carbocycles. The number of phenols is 1. The van der Waals surface area contributed by atoms with Gasteiger partial charge in [-0.15, -0.1) is 0 Å². The summed E-state index contributed by atoms with van der Waals surface area (Å²) in [5, 5.41) is 9.97. The molecule has 0 saturated carbocycles. The summed E-state index contributed by atoms with van der Waals surface area (Å²) in [6.45, 7) is 6.10. The highest BCUT2D eigenvalue weighted by atomic mass is 16.5. The van der Waals surface area contributed by atoms with Crippen molar-refractivity contribution in [2.45, 2.75) is 33.6 Å². The Balaban J connectivity index is 2.40. The van der Waals surface area contributed by atoms with Gasteiger partial charge in [0.15, 0.2) is 5.78 Å². The van der Waals surface area contributed by atoms with Crippen LogP contribution in [0, 0.1) is 13.8 Å². The Labute approximate surface area is 154 Å². The fourth-order valence-corrected chi connectivity index (χ4v) is 2.44. The molecule has 4 nitrogen and oxygen atoms in total. The monoisotopic (exact) mass is 352 g/mol. The van der Waals surface area contributed by atoms with E-state index < -0.39 is 11.8 Å². The Morgan fingerprint density at radius 2 is 1.69 bits per heavy atom. The van der Waals surface area contributed by atoms with Crippen LogP contribution in [0.4, 0.5) is 0 Å². The third-order valence-electron chi connectivity index (χ3n) is 4.01. The molecule has 4 heteroatoms. The second kappa shape index (κ2) is 8.99. The van der Waals surface area contributed by atoms with Crippen molar-refractivity contribution in [1.29, 1.82) is 0 Å². The second-order valence-electron chi connectivity index (χ2n) is 6.30. The first-order valence-corrected chi connectivity index (χ1v) is 8.72. The van der Waals surface area contributed by atoms with E-state index in [1.165, 1.54) is 12.1 Å². The zero-order valence-electron chi connectivity index (χ0n) is 15.4. The largest absolute Gasteiger partial charge is 0.507 e. The van der Waals surface area contributed by atoms with Crippen LogP contribution in [0.1, 0.15) is 46.8 Å². The Kier molecular flexibility index (Phi) is 6.73. The molecule has 0 spiro atoms. The maximum Gasteiger partial charge on any atom is 0.338 e. The van der Waals surface area contributed by atoms with Crippen LogP contribution >= 0.6 is 0 Å². The highest BCUT2D eigenvalue weighted by Gasteiger charge is 2.18. The highest BCUT2D eigenvalue weighted by Crippen LogP contribution is 2.23. The number of allylic oxidation sites excluding steroid dienone is 1. The molecule has 2 rings (SSSR count). The van der Waals surface area contributed by atoms with E-state index in [4.69, 9.17) is 4.74 Å². The topological polar surface area (TPSA) is 63.6 Å². The minimum absolute atomic E-state index is 0.112. The van der Waals surface area contributed by atoms with Gasteiger partial charge in [0, 0.05) is 6.08 Å². The number of carbonyl (C=O) groups excluding carboxylic acids is 2. The van der Waals surface area contributed by atoms with Gasteiger partial charge in [0.25, 0.3) is 0 Å². The van der Waals surface area contributed by atoms with Crippen molar-refractivity contribution in [1.82, 2.24) is 0 Å². The summed E-state index contributed by atoms with van der Waals surface area (Å²) < 4.78 is 5.30. The van der Waals surface area contributed by atoms with Crippen molar-refractivity contribution >= 4 is 17.3 Å². The Hall–Kier alpha value is -2.88. The van der Waals surface area contributed by atoms with Gasteiger partial charge in [-0.2, -0.15) is 0 Å². The molecule has 0 aliphatic heterocycles. The van der Waals surface area contributed by atoms with Gasteiger partial charge in [-0.1, -0.05) is 54.8 Å². The van der Waals surface area contributed by atoms with Crippen LogP contribution in [0.25, 0.3) is 5.57 Å². The molecule has 0 bridgehead atoms. The first-order valence-electron chi connectivity index (χ1n) is 8.72. The van der Waals surface area contributed by atoms with Gasteiger partial charge in [-0.25, -0.2) is 4.79 Å². The summed E-state index contributed by atoms with van der Waals surface area (Å²) in [7, 11) is 0. The van der Waals surface area contributed by atoms with Crippen molar-refractivity contribution in [3.63, 3.8) is 0 Å². The average Bonchev–Trinajstić information content (AvgIpc) is 2.62. The fraction of sp³-hybridized carbons (Fsp3) is 0.273. The second-order valence-corrected chi connectivity index (χ2v) is 6.30. The summed E-state index contributed by atoms with van der Waals surface area (Å²) >= 11 is 0. The van der Waals surface area contributed by atoms with Crippen molar-refractivity contribution in [2.24, 2.45) is 0 Å². The predicted octanol–water partition coefficient (Wildman–Crippen LogP) is 4.62. The molecule has 0 heterocycles. The van der Waals surface area contributed by atoms with Crippen LogP contribution < -0.4 is 0 Å². The molecule has 136 valence electrons. The van der Waals surface area contributed by atoms with Crippen molar-refractivity contribution in [3.05, 3.63) is 70.8 Å². The zero-order valence-corrected chi connectivity index (χ0v) is 15.4. The smallest absolute Gasteiger partial charge is 0.338 e. The van der Waals surface area contributed by atoms with Crippen LogP contribution in [0.2, 0.25) is 0 Å². The lowest BCUT2D eigenvalue weighted by molar-refractivity contribution is -0.136. The summed E-state index contributed by atoms with van der Waals surface area (Å²) in [6, 6.07) is 12.1. The standard InChI is InChI=1S/C22H24O4/c1-4-5-12-26-22(25)18(17-9-6-15(2)7-10-17)14-21(24)19-13-16(3)8-11-20(19)23/h6-11,13-14,23H,4-5,12H2,1-3H3. The van der Waals surface area contributed by atoms with E-state index in [2.05, 4.69) is 0 Å². The van der Waals surface area contributed by atoms with Crippen LogP contribution in [0.5, 0.6) is 5.75 Å². The van der Waals surface area contributed by atoms with Gasteiger partial charge in [-0.3, -0.25) is 4.79 Å². The van der Waals surface area contributed by atoms with Crippen LogP contribution in [0.3, 0.4) is 0 Å². The molecule has 1 N–H and O–H groups in total. The van der Waals surface area contributed by atoms with Gasteiger partial charge in [0.05, 0.1) is 17.7 Å². The number of ether oxygens (including phenoxy) is 1. The zero-order chi connectivity index (χ0) is 19.1. The number of ketones is 1. The van der Waals surface area contributed by atoms with E-state index in [1.807, 2.05) is 32.9 Å². The maximum atomic E-state index is 12.7. The number of carbonyl (C=O) groups is 2. The van der Waals surface area contributed by atoms with Gasteiger partial charge in [0.2, 0.25) is 0 Å². The number of hydrogen-bond donors (Lipinski definition) is 1. The quantitative estimate of drug-likeness (QED) is 0.342. The number of phenolic OH excluding ortho intramolecular Hbond substituents is 1. The molecule has 0 atom stereocenters. The van der Waals surface area contributed by atoms with Gasteiger partial charge < -0.3 is 9.84 Å². The predicted molar refractivity (Wildman–Crippen MR) is 102 cm³/mol. The molecule has 0 fully saturated rings. The SMILES string of the molecule is CCCCOC(=O)C(=CC(=O)c1cc(C)ccc1O)c1ccc(C)cc1. The lowest BCUT2D eigenvalue weighted by Crippen LogP contribution is -2.10. The van der Waals surface area contributed by atoms with Gasteiger partial charge in [0.1, 0.15) is 5.75 Å². The summed E-state index contributed by atoms with van der Waals surface area (Å²) in [5.41, 5.74) is 2.86. The maximum absolute atomic E-state index is 12.7. The lowest BCUT2D eigenvalue weighted by atomic mass is 9.99. The van der Waals surface area contributed by atoms with E-state index in [0.29, 0.717) is 12.2 Å². The molecule has 0 aromatic heterocycles. The summed E-state index contributed by atoms with van der Waals surface area (Å²) in [4.78, 5) is 25.2. The molecule has 0 aliphatic rings. The number of esters is 1. The molecule has 0 saturated heterocycles.